The number of amides is 1. The topological polar surface area (TPSA) is 46.9 Å². The van der Waals surface area contributed by atoms with Crippen LogP contribution in [0.1, 0.15) is 18.9 Å². The van der Waals surface area contributed by atoms with Crippen LogP contribution >= 0.6 is 15.9 Å². The number of nitrogens with zero attached hydrogens (tertiary/aromatic N) is 2. The summed E-state index contributed by atoms with van der Waals surface area (Å²) in [5.41, 5.74) is 0.980. The van der Waals surface area contributed by atoms with Crippen molar-refractivity contribution in [3.63, 3.8) is 0 Å². The van der Waals surface area contributed by atoms with Crippen LogP contribution in [0.2, 0.25) is 0 Å². The van der Waals surface area contributed by atoms with Crippen LogP contribution in [0.15, 0.2) is 41.0 Å². The van der Waals surface area contributed by atoms with Crippen molar-refractivity contribution in [1.82, 2.24) is 9.78 Å². The van der Waals surface area contributed by atoms with Gasteiger partial charge in [-0.15, -0.1) is 0 Å². The fourth-order valence-corrected chi connectivity index (χ4v) is 2.29. The molecule has 0 saturated heterocycles. The first kappa shape index (κ1) is 13.8. The molecule has 0 unspecified atom stereocenters. The second-order valence-corrected chi connectivity index (χ2v) is 5.21. The number of halogens is 1. The van der Waals surface area contributed by atoms with Gasteiger partial charge >= 0.3 is 0 Å². The number of aryl methyl sites for hydroxylation is 1. The molecule has 0 radical (unpaired) electrons. The first-order valence-corrected chi connectivity index (χ1v) is 7.04. The van der Waals surface area contributed by atoms with E-state index in [0.717, 1.165) is 28.8 Å². The van der Waals surface area contributed by atoms with Crippen LogP contribution in [0.5, 0.6) is 0 Å². The van der Waals surface area contributed by atoms with Gasteiger partial charge in [0.25, 0.3) is 0 Å². The first-order valence-electron chi connectivity index (χ1n) is 6.25. The minimum absolute atomic E-state index is 0.0315. The minimum atomic E-state index is -0.0315. The van der Waals surface area contributed by atoms with E-state index in [2.05, 4.69) is 33.3 Å². The van der Waals surface area contributed by atoms with Crippen molar-refractivity contribution in [2.45, 2.75) is 26.3 Å². The van der Waals surface area contributed by atoms with E-state index in [9.17, 15) is 4.79 Å². The Morgan fingerprint density at radius 1 is 1.42 bits per heavy atom. The number of hydrogen-bond acceptors (Lipinski definition) is 2. The molecule has 4 nitrogen and oxygen atoms in total. The van der Waals surface area contributed by atoms with Crippen LogP contribution in [-0.2, 0) is 17.8 Å². The molecule has 0 aliphatic rings. The van der Waals surface area contributed by atoms with E-state index in [0.29, 0.717) is 6.42 Å². The summed E-state index contributed by atoms with van der Waals surface area (Å²) in [7, 11) is 0. The first-order chi connectivity index (χ1) is 9.19. The van der Waals surface area contributed by atoms with Crippen molar-refractivity contribution in [3.05, 3.63) is 46.6 Å². The predicted octanol–water partition coefficient (Wildman–Crippen LogP) is 3.24. The van der Waals surface area contributed by atoms with Gasteiger partial charge in [-0.1, -0.05) is 35.0 Å². The lowest BCUT2D eigenvalue weighted by Crippen LogP contribution is -2.17. The molecule has 100 valence electrons. The SMILES string of the molecule is CCCn1nccc1NC(=O)Cc1cccc(Br)c1. The Hall–Kier alpha value is -1.62. The third-order valence-electron chi connectivity index (χ3n) is 2.67. The molecule has 0 fully saturated rings. The van der Waals surface area contributed by atoms with Crippen molar-refractivity contribution in [1.29, 1.82) is 0 Å². The second-order valence-electron chi connectivity index (χ2n) is 4.29. The highest BCUT2D eigenvalue weighted by molar-refractivity contribution is 9.10. The lowest BCUT2D eigenvalue weighted by molar-refractivity contribution is -0.115. The van der Waals surface area contributed by atoms with Crippen LogP contribution in [0.3, 0.4) is 0 Å². The highest BCUT2D eigenvalue weighted by atomic mass is 79.9. The fraction of sp³-hybridized carbons (Fsp3) is 0.286. The van der Waals surface area contributed by atoms with Crippen molar-refractivity contribution in [3.8, 4) is 0 Å². The number of rotatable bonds is 5. The smallest absolute Gasteiger partial charge is 0.229 e. The number of carbonyl (C=O) groups is 1. The third kappa shape index (κ3) is 3.92. The molecule has 1 heterocycles. The monoisotopic (exact) mass is 321 g/mol. The van der Waals surface area contributed by atoms with E-state index >= 15 is 0 Å². The van der Waals surface area contributed by atoms with Crippen LogP contribution in [0.4, 0.5) is 5.82 Å². The Kier molecular flexibility index (Phi) is 4.74. The molecule has 2 aromatic rings. The summed E-state index contributed by atoms with van der Waals surface area (Å²) in [5.74, 6) is 0.720. The van der Waals surface area contributed by atoms with Crippen LogP contribution in [0.25, 0.3) is 0 Å². The Labute approximate surface area is 120 Å². The van der Waals surface area contributed by atoms with Crippen molar-refractivity contribution in [2.75, 3.05) is 5.32 Å². The largest absolute Gasteiger partial charge is 0.311 e. The van der Waals surface area contributed by atoms with Gasteiger partial charge in [-0.2, -0.15) is 5.10 Å². The molecule has 0 atom stereocenters. The highest BCUT2D eigenvalue weighted by Crippen LogP contribution is 2.13. The Morgan fingerprint density at radius 2 is 2.26 bits per heavy atom. The molecule has 1 amide bonds. The van der Waals surface area contributed by atoms with Gasteiger partial charge in [-0.05, 0) is 24.1 Å². The number of aromatic nitrogens is 2. The molecular formula is C14H16BrN3O. The summed E-state index contributed by atoms with van der Waals surface area (Å²) in [6.45, 7) is 2.88. The summed E-state index contributed by atoms with van der Waals surface area (Å²) in [4.78, 5) is 12.0. The second kappa shape index (κ2) is 6.52. The average Bonchev–Trinajstić information content (AvgIpc) is 2.77. The normalized spacial score (nSPS) is 10.4. The van der Waals surface area contributed by atoms with Crippen molar-refractivity contribution < 1.29 is 4.79 Å². The average molecular weight is 322 g/mol. The molecule has 1 aromatic heterocycles. The quantitative estimate of drug-likeness (QED) is 0.919. The van der Waals surface area contributed by atoms with E-state index in [-0.39, 0.29) is 5.91 Å². The van der Waals surface area contributed by atoms with Crippen LogP contribution < -0.4 is 5.32 Å². The number of carbonyl (C=O) groups excluding carboxylic acids is 1. The lowest BCUT2D eigenvalue weighted by Gasteiger charge is -2.08. The molecule has 19 heavy (non-hydrogen) atoms. The van der Waals surface area contributed by atoms with Crippen LogP contribution in [-0.4, -0.2) is 15.7 Å². The number of anilines is 1. The van der Waals surface area contributed by atoms with Gasteiger partial charge in [-0.3, -0.25) is 4.79 Å². The molecule has 5 heteroatoms. The van der Waals surface area contributed by atoms with Crippen molar-refractivity contribution in [2.24, 2.45) is 0 Å². The molecule has 0 bridgehead atoms. The van der Waals surface area contributed by atoms with Gasteiger partial charge in [-0.25, -0.2) is 4.68 Å². The molecule has 0 spiro atoms. The van der Waals surface area contributed by atoms with E-state index in [1.807, 2.05) is 30.3 Å². The third-order valence-corrected chi connectivity index (χ3v) is 3.17. The maximum atomic E-state index is 12.0. The van der Waals surface area contributed by atoms with Gasteiger partial charge in [0.15, 0.2) is 0 Å². The fourth-order valence-electron chi connectivity index (χ4n) is 1.85. The van der Waals surface area contributed by atoms with E-state index < -0.39 is 0 Å². The zero-order valence-electron chi connectivity index (χ0n) is 10.8. The molecule has 1 aromatic carbocycles. The Balaban J connectivity index is 1.99. The molecular weight excluding hydrogens is 306 g/mol. The van der Waals surface area contributed by atoms with Crippen LogP contribution in [0, 0.1) is 0 Å². The standard InChI is InChI=1S/C14H16BrN3O/c1-2-8-18-13(6-7-16-18)17-14(19)10-11-4-3-5-12(15)9-11/h3-7,9H,2,8,10H2,1H3,(H,17,19). The zero-order chi connectivity index (χ0) is 13.7. The van der Waals surface area contributed by atoms with Gasteiger partial charge in [0, 0.05) is 17.1 Å². The molecule has 0 aliphatic heterocycles. The Morgan fingerprint density at radius 3 is 3.00 bits per heavy atom. The summed E-state index contributed by atoms with van der Waals surface area (Å²) in [6.07, 6.45) is 3.04. The minimum Gasteiger partial charge on any atom is -0.311 e. The Bertz CT molecular complexity index is 565. The highest BCUT2D eigenvalue weighted by Gasteiger charge is 2.07. The van der Waals surface area contributed by atoms with E-state index in [1.165, 1.54) is 0 Å². The number of benzene rings is 1. The number of hydrogen-bond donors (Lipinski definition) is 1. The lowest BCUT2D eigenvalue weighted by atomic mass is 10.1. The molecule has 2 rings (SSSR count). The number of nitrogens with one attached hydrogen (secondary N) is 1. The zero-order valence-corrected chi connectivity index (χ0v) is 12.4. The summed E-state index contributed by atoms with van der Waals surface area (Å²) in [6, 6.07) is 9.57. The summed E-state index contributed by atoms with van der Waals surface area (Å²) >= 11 is 3.40. The molecule has 0 aliphatic carbocycles. The summed E-state index contributed by atoms with van der Waals surface area (Å²) < 4.78 is 2.78. The van der Waals surface area contributed by atoms with Gasteiger partial charge in [0.2, 0.25) is 5.91 Å². The van der Waals surface area contributed by atoms with Gasteiger partial charge in [0.1, 0.15) is 5.82 Å². The summed E-state index contributed by atoms with van der Waals surface area (Å²) in [5, 5.41) is 7.06. The van der Waals surface area contributed by atoms with Crippen molar-refractivity contribution >= 4 is 27.7 Å². The molecule has 0 saturated carbocycles. The van der Waals surface area contributed by atoms with Gasteiger partial charge < -0.3 is 5.32 Å². The van der Waals surface area contributed by atoms with E-state index in [4.69, 9.17) is 0 Å². The predicted molar refractivity (Wildman–Crippen MR) is 79.0 cm³/mol. The van der Waals surface area contributed by atoms with Gasteiger partial charge in [0.05, 0.1) is 12.6 Å². The van der Waals surface area contributed by atoms with E-state index in [1.54, 1.807) is 10.9 Å². The molecule has 1 N–H and O–H groups in total. The maximum absolute atomic E-state index is 12.0. The maximum Gasteiger partial charge on any atom is 0.229 e.